The molecule has 0 aromatic rings. The SMILES string of the molecule is CCCCCCCCCCCCCOC(=O)C1CCCC(C(=O)OCCCCCCCC)C1. The maximum atomic E-state index is 12.5. The van der Waals surface area contributed by atoms with E-state index >= 15 is 0 Å². The molecule has 2 atom stereocenters. The van der Waals surface area contributed by atoms with Crippen LogP contribution in [0.3, 0.4) is 0 Å². The maximum absolute atomic E-state index is 12.5. The number of carbonyl (C=O) groups is 2. The van der Waals surface area contributed by atoms with E-state index in [1.165, 1.54) is 83.5 Å². The van der Waals surface area contributed by atoms with Crippen molar-refractivity contribution in [3.8, 4) is 0 Å². The average Bonchev–Trinajstić information content (AvgIpc) is 2.84. The fraction of sp³-hybridized carbons (Fsp3) is 0.931. The lowest BCUT2D eigenvalue weighted by Crippen LogP contribution is -2.30. The van der Waals surface area contributed by atoms with Gasteiger partial charge in [-0.3, -0.25) is 9.59 Å². The second-order valence-electron chi connectivity index (χ2n) is 10.2. The van der Waals surface area contributed by atoms with Gasteiger partial charge in [-0.05, 0) is 32.1 Å². The molecule has 0 aromatic carbocycles. The number of carbonyl (C=O) groups excluding carboxylic acids is 2. The van der Waals surface area contributed by atoms with Gasteiger partial charge >= 0.3 is 11.9 Å². The van der Waals surface area contributed by atoms with Crippen LogP contribution < -0.4 is 0 Å². The third-order valence-electron chi connectivity index (χ3n) is 7.08. The molecule has 0 heterocycles. The Morgan fingerprint density at radius 3 is 1.24 bits per heavy atom. The Bertz CT molecular complexity index is 476. The van der Waals surface area contributed by atoms with Crippen molar-refractivity contribution in [1.82, 2.24) is 0 Å². The second kappa shape index (κ2) is 21.5. The average molecular weight is 467 g/mol. The van der Waals surface area contributed by atoms with Crippen molar-refractivity contribution >= 4 is 11.9 Å². The number of rotatable bonds is 21. The van der Waals surface area contributed by atoms with Gasteiger partial charge in [0.1, 0.15) is 0 Å². The summed E-state index contributed by atoms with van der Waals surface area (Å²) in [6.07, 6.45) is 24.5. The molecule has 0 amide bonds. The molecule has 33 heavy (non-hydrogen) atoms. The first-order valence-corrected chi connectivity index (χ1v) is 14.5. The minimum atomic E-state index is -0.127. The number of hydrogen-bond acceptors (Lipinski definition) is 4. The highest BCUT2D eigenvalue weighted by Crippen LogP contribution is 2.31. The monoisotopic (exact) mass is 466 g/mol. The van der Waals surface area contributed by atoms with Gasteiger partial charge in [0.25, 0.3) is 0 Å². The molecule has 0 saturated heterocycles. The molecule has 1 rings (SSSR count). The highest BCUT2D eigenvalue weighted by atomic mass is 16.5. The lowest BCUT2D eigenvalue weighted by Gasteiger charge is -2.26. The Labute approximate surface area is 205 Å². The first-order valence-electron chi connectivity index (χ1n) is 14.5. The predicted molar refractivity (Wildman–Crippen MR) is 137 cm³/mol. The van der Waals surface area contributed by atoms with Gasteiger partial charge in [0.05, 0.1) is 25.0 Å². The van der Waals surface area contributed by atoms with Crippen LogP contribution in [0.4, 0.5) is 0 Å². The summed E-state index contributed by atoms with van der Waals surface area (Å²) in [5, 5.41) is 0. The zero-order valence-corrected chi connectivity index (χ0v) is 22.1. The molecule has 4 heteroatoms. The Kier molecular flexibility index (Phi) is 19.5. The van der Waals surface area contributed by atoms with E-state index in [1.54, 1.807) is 0 Å². The van der Waals surface area contributed by atoms with Crippen LogP contribution in [0.2, 0.25) is 0 Å². The number of ether oxygens (including phenoxy) is 2. The fourth-order valence-corrected chi connectivity index (χ4v) is 4.85. The molecule has 0 bridgehead atoms. The van der Waals surface area contributed by atoms with Crippen molar-refractivity contribution in [3.05, 3.63) is 0 Å². The van der Waals surface area contributed by atoms with Gasteiger partial charge in [0.15, 0.2) is 0 Å². The largest absolute Gasteiger partial charge is 0.465 e. The summed E-state index contributed by atoms with van der Waals surface area (Å²) >= 11 is 0. The quantitative estimate of drug-likeness (QED) is 0.126. The maximum Gasteiger partial charge on any atom is 0.308 e. The standard InChI is InChI=1S/C29H54O4/c1-3-5-7-9-11-12-13-14-15-17-19-24-33-29(31)27-22-20-21-26(25-27)28(30)32-23-18-16-10-8-6-4-2/h26-27H,3-25H2,1-2H3. The number of hydrogen-bond donors (Lipinski definition) is 0. The van der Waals surface area contributed by atoms with E-state index in [-0.39, 0.29) is 23.8 Å². The molecular weight excluding hydrogens is 412 g/mol. The summed E-state index contributed by atoms with van der Waals surface area (Å²) in [6, 6.07) is 0. The van der Waals surface area contributed by atoms with E-state index in [0.717, 1.165) is 44.9 Å². The van der Waals surface area contributed by atoms with Gasteiger partial charge < -0.3 is 9.47 Å². The van der Waals surface area contributed by atoms with Gasteiger partial charge in [-0.2, -0.15) is 0 Å². The highest BCUT2D eigenvalue weighted by Gasteiger charge is 2.32. The summed E-state index contributed by atoms with van der Waals surface area (Å²) in [7, 11) is 0. The first-order chi connectivity index (χ1) is 16.2. The fourth-order valence-electron chi connectivity index (χ4n) is 4.85. The molecule has 1 aliphatic carbocycles. The summed E-state index contributed by atoms with van der Waals surface area (Å²) in [4.78, 5) is 24.9. The molecule has 194 valence electrons. The van der Waals surface area contributed by atoms with Crippen LogP contribution in [-0.4, -0.2) is 25.2 Å². The van der Waals surface area contributed by atoms with Gasteiger partial charge in [-0.1, -0.05) is 117 Å². The highest BCUT2D eigenvalue weighted by molar-refractivity contribution is 5.76. The molecule has 2 unspecified atom stereocenters. The van der Waals surface area contributed by atoms with Crippen LogP contribution in [-0.2, 0) is 19.1 Å². The van der Waals surface area contributed by atoms with Crippen LogP contribution in [0.1, 0.15) is 149 Å². The third-order valence-corrected chi connectivity index (χ3v) is 7.08. The molecule has 1 aliphatic rings. The van der Waals surface area contributed by atoms with Crippen LogP contribution in [0, 0.1) is 11.8 Å². The van der Waals surface area contributed by atoms with Gasteiger partial charge in [0, 0.05) is 0 Å². The van der Waals surface area contributed by atoms with E-state index in [0.29, 0.717) is 19.6 Å². The zero-order valence-electron chi connectivity index (χ0n) is 22.1. The first kappa shape index (κ1) is 30.0. The van der Waals surface area contributed by atoms with Crippen LogP contribution in [0.15, 0.2) is 0 Å². The van der Waals surface area contributed by atoms with Crippen molar-refractivity contribution in [2.45, 2.75) is 149 Å². The molecule has 4 nitrogen and oxygen atoms in total. The zero-order chi connectivity index (χ0) is 24.0. The second-order valence-corrected chi connectivity index (χ2v) is 10.2. The van der Waals surface area contributed by atoms with Crippen molar-refractivity contribution < 1.29 is 19.1 Å². The Hall–Kier alpha value is -1.06. The van der Waals surface area contributed by atoms with Crippen LogP contribution >= 0.6 is 0 Å². The lowest BCUT2D eigenvalue weighted by molar-refractivity contribution is -0.155. The minimum Gasteiger partial charge on any atom is -0.465 e. The molecule has 0 aromatic heterocycles. The van der Waals surface area contributed by atoms with Gasteiger partial charge in [0.2, 0.25) is 0 Å². The van der Waals surface area contributed by atoms with E-state index in [9.17, 15) is 9.59 Å². The van der Waals surface area contributed by atoms with E-state index in [4.69, 9.17) is 9.47 Å². The van der Waals surface area contributed by atoms with Crippen molar-refractivity contribution in [3.63, 3.8) is 0 Å². The smallest absolute Gasteiger partial charge is 0.308 e. The molecule has 0 spiro atoms. The van der Waals surface area contributed by atoms with Crippen molar-refractivity contribution in [2.75, 3.05) is 13.2 Å². The summed E-state index contributed by atoms with van der Waals surface area (Å²) in [5.41, 5.74) is 0. The molecular formula is C29H54O4. The normalized spacial score (nSPS) is 18.2. The van der Waals surface area contributed by atoms with E-state index in [1.807, 2.05) is 0 Å². The van der Waals surface area contributed by atoms with Gasteiger partial charge in [-0.15, -0.1) is 0 Å². The predicted octanol–water partition coefficient (Wildman–Crippen LogP) is 8.55. The summed E-state index contributed by atoms with van der Waals surface area (Å²) in [6.45, 7) is 5.53. The molecule has 0 radical (unpaired) electrons. The van der Waals surface area contributed by atoms with E-state index < -0.39 is 0 Å². The third kappa shape index (κ3) is 16.2. The van der Waals surface area contributed by atoms with Crippen LogP contribution in [0.5, 0.6) is 0 Å². The lowest BCUT2D eigenvalue weighted by atomic mass is 9.81. The number of unbranched alkanes of at least 4 members (excludes halogenated alkanes) is 15. The minimum absolute atomic E-state index is 0.101. The Morgan fingerprint density at radius 1 is 0.545 bits per heavy atom. The van der Waals surface area contributed by atoms with Crippen molar-refractivity contribution in [2.24, 2.45) is 11.8 Å². The summed E-state index contributed by atoms with van der Waals surface area (Å²) in [5.74, 6) is -0.460. The van der Waals surface area contributed by atoms with Crippen molar-refractivity contribution in [1.29, 1.82) is 0 Å². The van der Waals surface area contributed by atoms with Crippen LogP contribution in [0.25, 0.3) is 0 Å². The molecule has 1 fully saturated rings. The Balaban J connectivity index is 2.02. The number of esters is 2. The molecule has 1 saturated carbocycles. The molecule has 0 N–H and O–H groups in total. The molecule has 0 aliphatic heterocycles. The van der Waals surface area contributed by atoms with E-state index in [2.05, 4.69) is 13.8 Å². The topological polar surface area (TPSA) is 52.6 Å². The summed E-state index contributed by atoms with van der Waals surface area (Å²) < 4.78 is 11.0. The Morgan fingerprint density at radius 2 is 0.879 bits per heavy atom. The van der Waals surface area contributed by atoms with Gasteiger partial charge in [-0.25, -0.2) is 0 Å².